The first-order valence-electron chi connectivity index (χ1n) is 7.22. The van der Waals surface area contributed by atoms with E-state index in [9.17, 15) is 18.0 Å². The van der Waals surface area contributed by atoms with Crippen LogP contribution in [0.1, 0.15) is 5.56 Å². The third-order valence-electron chi connectivity index (χ3n) is 3.41. The molecule has 2 aromatic carbocycles. The molecule has 0 spiro atoms. The number of hydrogen-bond donors (Lipinski definition) is 1. The summed E-state index contributed by atoms with van der Waals surface area (Å²) in [7, 11) is 0. The zero-order valence-corrected chi connectivity index (χ0v) is 14.5. The van der Waals surface area contributed by atoms with Crippen LogP contribution in [0.15, 0.2) is 54.2 Å². The van der Waals surface area contributed by atoms with Gasteiger partial charge >= 0.3 is 6.36 Å². The molecule has 0 saturated carbocycles. The number of nitrogens with one attached hydrogen (secondary N) is 1. The monoisotopic (exact) mass is 398 g/mol. The molecule has 9 heteroatoms. The molecule has 1 saturated heterocycles. The average Bonchev–Trinajstić information content (AvgIpc) is 2.83. The van der Waals surface area contributed by atoms with Crippen LogP contribution in [0.4, 0.5) is 18.9 Å². The first kappa shape index (κ1) is 18.2. The molecule has 0 aromatic heterocycles. The van der Waals surface area contributed by atoms with Crippen molar-refractivity contribution in [1.82, 2.24) is 5.32 Å². The summed E-state index contributed by atoms with van der Waals surface area (Å²) >= 11 is 11.2. The summed E-state index contributed by atoms with van der Waals surface area (Å²) in [6.07, 6.45) is -3.23. The van der Waals surface area contributed by atoms with Crippen LogP contribution in [-0.4, -0.2) is 17.4 Å². The molecule has 1 heterocycles. The van der Waals surface area contributed by atoms with Crippen LogP contribution in [-0.2, 0) is 4.79 Å². The number of rotatable bonds is 3. The van der Waals surface area contributed by atoms with Gasteiger partial charge in [-0.05, 0) is 54.2 Å². The van der Waals surface area contributed by atoms with Crippen molar-refractivity contribution >= 4 is 46.6 Å². The maximum absolute atomic E-state index is 12.6. The highest BCUT2D eigenvalue weighted by atomic mass is 35.5. The maximum Gasteiger partial charge on any atom is 0.573 e. The lowest BCUT2D eigenvalue weighted by Gasteiger charge is -2.15. The summed E-state index contributed by atoms with van der Waals surface area (Å²) in [6.45, 7) is 0. The summed E-state index contributed by atoms with van der Waals surface area (Å²) < 4.78 is 40.5. The van der Waals surface area contributed by atoms with Crippen LogP contribution in [0, 0.1) is 0 Å². The topological polar surface area (TPSA) is 41.6 Å². The van der Waals surface area contributed by atoms with Crippen molar-refractivity contribution in [2.45, 2.75) is 6.36 Å². The van der Waals surface area contributed by atoms with E-state index in [0.717, 1.165) is 12.1 Å². The van der Waals surface area contributed by atoms with Crippen LogP contribution >= 0.6 is 23.8 Å². The largest absolute Gasteiger partial charge is 0.573 e. The molecular formula is C17H10ClF3N2O2S. The predicted molar refractivity (Wildman–Crippen MR) is 95.8 cm³/mol. The van der Waals surface area contributed by atoms with Gasteiger partial charge in [0, 0.05) is 5.02 Å². The standard InChI is InChI=1S/C17H10ClF3N2O2S/c18-13-4-2-1-3-10(13)9-14-15(24)23(16(26)22-14)11-5-7-12(8-6-11)25-17(19,20)21/h1-9H,(H,22,26)/b14-9+. The third kappa shape index (κ3) is 3.97. The second kappa shape index (κ2) is 6.97. The van der Waals surface area contributed by atoms with E-state index in [1.54, 1.807) is 30.3 Å². The Labute approximate surface area is 156 Å². The van der Waals surface area contributed by atoms with Crippen LogP contribution < -0.4 is 15.0 Å². The molecule has 0 bridgehead atoms. The zero-order valence-electron chi connectivity index (χ0n) is 12.9. The highest BCUT2D eigenvalue weighted by Gasteiger charge is 2.33. The summed E-state index contributed by atoms with van der Waals surface area (Å²) in [5.74, 6) is -0.835. The molecule has 1 amide bonds. The number of hydrogen-bond acceptors (Lipinski definition) is 3. The normalized spacial score (nSPS) is 16.2. The molecule has 26 heavy (non-hydrogen) atoms. The van der Waals surface area contributed by atoms with Crippen molar-refractivity contribution in [3.05, 3.63) is 64.8 Å². The van der Waals surface area contributed by atoms with Gasteiger partial charge in [-0.2, -0.15) is 0 Å². The first-order valence-corrected chi connectivity index (χ1v) is 8.01. The number of amides is 1. The molecule has 1 fully saturated rings. The number of alkyl halides is 3. The fourth-order valence-corrected chi connectivity index (χ4v) is 2.80. The first-order chi connectivity index (χ1) is 12.2. The molecule has 4 nitrogen and oxygen atoms in total. The van der Waals surface area contributed by atoms with E-state index in [2.05, 4.69) is 10.1 Å². The van der Waals surface area contributed by atoms with Crippen LogP contribution in [0.3, 0.4) is 0 Å². The SMILES string of the molecule is O=C1/C(=C\c2ccccc2Cl)NC(=S)N1c1ccc(OC(F)(F)F)cc1. The molecule has 0 radical (unpaired) electrons. The minimum Gasteiger partial charge on any atom is -0.406 e. The van der Waals surface area contributed by atoms with Crippen LogP contribution in [0.25, 0.3) is 6.08 Å². The van der Waals surface area contributed by atoms with E-state index in [4.69, 9.17) is 23.8 Å². The van der Waals surface area contributed by atoms with E-state index in [-0.39, 0.29) is 10.8 Å². The fourth-order valence-electron chi connectivity index (χ4n) is 2.31. The highest BCUT2D eigenvalue weighted by Crippen LogP contribution is 2.28. The molecule has 3 rings (SSSR count). The maximum atomic E-state index is 12.6. The Balaban J connectivity index is 1.84. The average molecular weight is 399 g/mol. The molecule has 0 aliphatic carbocycles. The fraction of sp³-hybridized carbons (Fsp3) is 0.0588. The Morgan fingerprint density at radius 2 is 1.77 bits per heavy atom. The van der Waals surface area contributed by atoms with Crippen LogP contribution in [0.5, 0.6) is 5.75 Å². The van der Waals surface area contributed by atoms with Gasteiger partial charge in [0.2, 0.25) is 0 Å². The minimum absolute atomic E-state index is 0.109. The van der Waals surface area contributed by atoms with Gasteiger partial charge in [0.15, 0.2) is 5.11 Å². The van der Waals surface area contributed by atoms with Gasteiger partial charge in [-0.1, -0.05) is 29.8 Å². The lowest BCUT2D eigenvalue weighted by atomic mass is 10.2. The van der Waals surface area contributed by atoms with Gasteiger partial charge in [0.05, 0.1) is 5.69 Å². The number of carbonyl (C=O) groups is 1. The lowest BCUT2D eigenvalue weighted by Crippen LogP contribution is -2.30. The van der Waals surface area contributed by atoms with E-state index in [1.165, 1.54) is 17.0 Å². The Kier molecular flexibility index (Phi) is 4.88. The van der Waals surface area contributed by atoms with Gasteiger partial charge in [0.25, 0.3) is 5.91 Å². The second-order valence-corrected chi connectivity index (χ2v) is 5.99. The van der Waals surface area contributed by atoms with Gasteiger partial charge in [-0.3, -0.25) is 9.69 Å². The van der Waals surface area contributed by atoms with Gasteiger partial charge < -0.3 is 10.1 Å². The number of ether oxygens (including phenoxy) is 1. The summed E-state index contributed by atoms with van der Waals surface area (Å²) in [5.41, 5.74) is 1.15. The van der Waals surface area contributed by atoms with Crippen molar-refractivity contribution in [3.63, 3.8) is 0 Å². The molecule has 0 unspecified atom stereocenters. The quantitative estimate of drug-likeness (QED) is 0.610. The van der Waals surface area contributed by atoms with E-state index in [1.807, 2.05) is 0 Å². The lowest BCUT2D eigenvalue weighted by molar-refractivity contribution is -0.274. The Morgan fingerprint density at radius 1 is 1.12 bits per heavy atom. The van der Waals surface area contributed by atoms with Crippen molar-refractivity contribution in [2.75, 3.05) is 4.90 Å². The molecular weight excluding hydrogens is 389 g/mol. The van der Waals surface area contributed by atoms with E-state index < -0.39 is 18.0 Å². The smallest absolute Gasteiger partial charge is 0.406 e. The molecule has 0 atom stereocenters. The van der Waals surface area contributed by atoms with Crippen LogP contribution in [0.2, 0.25) is 5.02 Å². The minimum atomic E-state index is -4.79. The van der Waals surface area contributed by atoms with Gasteiger partial charge in [-0.25, -0.2) is 0 Å². The van der Waals surface area contributed by atoms with Crippen molar-refractivity contribution in [3.8, 4) is 5.75 Å². The molecule has 134 valence electrons. The highest BCUT2D eigenvalue weighted by molar-refractivity contribution is 7.80. The molecule has 1 aliphatic heterocycles. The Bertz CT molecular complexity index is 898. The predicted octanol–water partition coefficient (Wildman–Crippen LogP) is 4.50. The summed E-state index contributed by atoms with van der Waals surface area (Å²) in [6, 6.07) is 11.8. The molecule has 2 aromatic rings. The van der Waals surface area contributed by atoms with Crippen molar-refractivity contribution in [1.29, 1.82) is 0 Å². The van der Waals surface area contributed by atoms with Crippen molar-refractivity contribution in [2.24, 2.45) is 0 Å². The van der Waals surface area contributed by atoms with Gasteiger partial charge in [-0.15, -0.1) is 13.2 Å². The Morgan fingerprint density at radius 3 is 2.38 bits per heavy atom. The Hall–Kier alpha value is -2.58. The number of anilines is 1. The second-order valence-electron chi connectivity index (χ2n) is 5.19. The number of thiocarbonyl (C=S) groups is 1. The number of nitrogens with zero attached hydrogens (tertiary/aromatic N) is 1. The molecule has 1 N–H and O–H groups in total. The zero-order chi connectivity index (χ0) is 18.9. The summed E-state index contributed by atoms with van der Waals surface area (Å²) in [5, 5.41) is 3.35. The van der Waals surface area contributed by atoms with Gasteiger partial charge in [0.1, 0.15) is 11.4 Å². The number of halogens is 4. The van der Waals surface area contributed by atoms with E-state index in [0.29, 0.717) is 16.3 Å². The number of carbonyl (C=O) groups excluding carboxylic acids is 1. The molecule has 1 aliphatic rings. The summed E-state index contributed by atoms with van der Waals surface area (Å²) in [4.78, 5) is 13.8. The number of benzene rings is 2. The third-order valence-corrected chi connectivity index (χ3v) is 4.04. The van der Waals surface area contributed by atoms with Crippen molar-refractivity contribution < 1.29 is 22.7 Å². The van der Waals surface area contributed by atoms with E-state index >= 15 is 0 Å².